The summed E-state index contributed by atoms with van der Waals surface area (Å²) in [5.41, 5.74) is 0.143. The van der Waals surface area contributed by atoms with Crippen LogP contribution in [0.5, 0.6) is 0 Å². The van der Waals surface area contributed by atoms with Gasteiger partial charge in [0.2, 0.25) is 0 Å². The van der Waals surface area contributed by atoms with Gasteiger partial charge in [-0.25, -0.2) is 0 Å². The lowest BCUT2D eigenvalue weighted by molar-refractivity contribution is -0.150. The van der Waals surface area contributed by atoms with Gasteiger partial charge < -0.3 is 5.11 Å². The summed E-state index contributed by atoms with van der Waals surface area (Å²) in [5, 5.41) is 9.63. The molecule has 0 amide bonds. The average molecular weight is 316 g/mol. The molecule has 0 aromatic carbocycles. The standard InChI is InChI=1S/C20H28O3/c1-19-9-7-13(21)11-12(19)3-4-14-15-5-6-17(18(22)23)20(15,2)10-8-16(14)19/h7,9,12,14-17H,3-6,8,10-11H2,1-2H3,(H,22,23)/t12?,14-,15-,16+,17?,19-,20-/m0/s1. The molecule has 0 aromatic rings. The van der Waals surface area contributed by atoms with Crippen LogP contribution in [0.3, 0.4) is 0 Å². The smallest absolute Gasteiger partial charge is 0.307 e. The molecular weight excluding hydrogens is 288 g/mol. The minimum atomic E-state index is -0.587. The number of carbonyl (C=O) groups excluding carboxylic acids is 1. The molecule has 23 heavy (non-hydrogen) atoms. The van der Waals surface area contributed by atoms with Crippen LogP contribution in [0.15, 0.2) is 12.2 Å². The van der Waals surface area contributed by atoms with E-state index < -0.39 is 5.97 Å². The van der Waals surface area contributed by atoms with Crippen LogP contribution in [0.2, 0.25) is 0 Å². The van der Waals surface area contributed by atoms with Crippen molar-refractivity contribution in [3.05, 3.63) is 12.2 Å². The first-order valence-electron chi connectivity index (χ1n) is 9.31. The maximum atomic E-state index is 11.8. The Morgan fingerprint density at radius 2 is 1.91 bits per heavy atom. The molecule has 4 aliphatic rings. The summed E-state index contributed by atoms with van der Waals surface area (Å²) in [4.78, 5) is 23.5. The third-order valence-electron chi connectivity index (χ3n) is 8.34. The number of carboxylic acids is 1. The summed E-state index contributed by atoms with van der Waals surface area (Å²) in [6, 6.07) is 0. The van der Waals surface area contributed by atoms with E-state index in [0.717, 1.165) is 38.5 Å². The Labute approximate surface area is 138 Å². The second-order valence-corrected chi connectivity index (χ2v) is 9.03. The maximum absolute atomic E-state index is 11.8. The number of hydrogen-bond acceptors (Lipinski definition) is 2. The molecule has 1 N–H and O–H groups in total. The zero-order chi connectivity index (χ0) is 16.4. The molecular formula is C20H28O3. The van der Waals surface area contributed by atoms with Gasteiger partial charge in [-0.15, -0.1) is 0 Å². The minimum absolute atomic E-state index is 0.00953. The molecule has 2 unspecified atom stereocenters. The number of allylic oxidation sites excluding steroid dienone is 2. The summed E-state index contributed by atoms with van der Waals surface area (Å²) >= 11 is 0. The van der Waals surface area contributed by atoms with E-state index in [2.05, 4.69) is 19.9 Å². The highest BCUT2D eigenvalue weighted by atomic mass is 16.4. The molecule has 0 aromatic heterocycles. The highest BCUT2D eigenvalue weighted by molar-refractivity contribution is 5.91. The molecule has 0 heterocycles. The molecule has 0 aliphatic heterocycles. The van der Waals surface area contributed by atoms with Crippen LogP contribution in [0.25, 0.3) is 0 Å². The number of aliphatic carboxylic acids is 1. The summed E-state index contributed by atoms with van der Waals surface area (Å²) in [6.45, 7) is 4.61. The van der Waals surface area contributed by atoms with Crippen LogP contribution in [0, 0.1) is 40.4 Å². The molecule has 3 heteroatoms. The Bertz CT molecular complexity index is 579. The second-order valence-electron chi connectivity index (χ2n) is 9.03. The van der Waals surface area contributed by atoms with Crippen molar-refractivity contribution in [3.63, 3.8) is 0 Å². The first-order valence-corrected chi connectivity index (χ1v) is 9.31. The topological polar surface area (TPSA) is 54.4 Å². The fourth-order valence-electron chi connectivity index (χ4n) is 7.04. The van der Waals surface area contributed by atoms with Crippen molar-refractivity contribution in [1.29, 1.82) is 0 Å². The van der Waals surface area contributed by atoms with Gasteiger partial charge >= 0.3 is 5.97 Å². The first-order chi connectivity index (χ1) is 10.9. The van der Waals surface area contributed by atoms with Crippen molar-refractivity contribution < 1.29 is 14.7 Å². The number of fused-ring (bicyclic) bond motifs is 5. The molecule has 3 fully saturated rings. The molecule has 126 valence electrons. The van der Waals surface area contributed by atoms with Crippen molar-refractivity contribution in [2.45, 2.75) is 58.8 Å². The van der Waals surface area contributed by atoms with Crippen LogP contribution in [-0.4, -0.2) is 16.9 Å². The molecule has 0 radical (unpaired) electrons. The Balaban J connectivity index is 1.66. The van der Waals surface area contributed by atoms with Crippen molar-refractivity contribution in [1.82, 2.24) is 0 Å². The number of carboxylic acid groups (broad SMARTS) is 1. The van der Waals surface area contributed by atoms with E-state index in [0.29, 0.717) is 29.5 Å². The Morgan fingerprint density at radius 3 is 2.65 bits per heavy atom. The first kappa shape index (κ1) is 15.4. The lowest BCUT2D eigenvalue weighted by atomic mass is 9.46. The summed E-state index contributed by atoms with van der Waals surface area (Å²) < 4.78 is 0. The lowest BCUT2D eigenvalue weighted by Gasteiger charge is -2.58. The fourth-order valence-corrected chi connectivity index (χ4v) is 7.04. The predicted octanol–water partition coefficient (Wildman–Crippen LogP) is 4.08. The van der Waals surface area contributed by atoms with Crippen LogP contribution in [-0.2, 0) is 9.59 Å². The predicted molar refractivity (Wildman–Crippen MR) is 87.8 cm³/mol. The zero-order valence-electron chi connectivity index (χ0n) is 14.3. The zero-order valence-corrected chi connectivity index (χ0v) is 14.3. The van der Waals surface area contributed by atoms with E-state index in [4.69, 9.17) is 0 Å². The average Bonchev–Trinajstić information content (AvgIpc) is 2.85. The largest absolute Gasteiger partial charge is 0.481 e. The van der Waals surface area contributed by atoms with Gasteiger partial charge in [-0.2, -0.15) is 0 Å². The van der Waals surface area contributed by atoms with Gasteiger partial charge in [0.1, 0.15) is 0 Å². The quantitative estimate of drug-likeness (QED) is 0.793. The van der Waals surface area contributed by atoms with Gasteiger partial charge in [0.15, 0.2) is 5.78 Å². The van der Waals surface area contributed by atoms with Gasteiger partial charge in [0.05, 0.1) is 5.92 Å². The van der Waals surface area contributed by atoms with E-state index in [1.165, 1.54) is 6.42 Å². The molecule has 4 aliphatic carbocycles. The van der Waals surface area contributed by atoms with E-state index in [1.807, 2.05) is 6.08 Å². The fraction of sp³-hybridized carbons (Fsp3) is 0.800. The van der Waals surface area contributed by atoms with Gasteiger partial charge in [0, 0.05) is 6.42 Å². The number of carbonyl (C=O) groups is 2. The van der Waals surface area contributed by atoms with Crippen LogP contribution in [0.1, 0.15) is 58.8 Å². The molecule has 7 atom stereocenters. The maximum Gasteiger partial charge on any atom is 0.307 e. The van der Waals surface area contributed by atoms with Gasteiger partial charge in [-0.05, 0) is 79.1 Å². The Hall–Kier alpha value is -1.12. The van der Waals surface area contributed by atoms with E-state index in [-0.39, 0.29) is 16.7 Å². The highest BCUT2D eigenvalue weighted by Crippen LogP contribution is 2.66. The van der Waals surface area contributed by atoms with Crippen molar-refractivity contribution >= 4 is 11.8 Å². The number of hydrogen-bond donors (Lipinski definition) is 1. The van der Waals surface area contributed by atoms with Gasteiger partial charge in [-0.3, -0.25) is 9.59 Å². The van der Waals surface area contributed by atoms with E-state index >= 15 is 0 Å². The summed E-state index contributed by atoms with van der Waals surface area (Å²) in [5.74, 6) is 1.90. The third kappa shape index (κ3) is 2.01. The van der Waals surface area contributed by atoms with Crippen LogP contribution in [0.4, 0.5) is 0 Å². The Kier molecular flexibility index (Phi) is 3.31. The molecule has 0 spiro atoms. The number of rotatable bonds is 1. The Morgan fingerprint density at radius 1 is 1.13 bits per heavy atom. The molecule has 4 rings (SSSR count). The van der Waals surface area contributed by atoms with Crippen molar-refractivity contribution in [2.24, 2.45) is 40.4 Å². The molecule has 3 saturated carbocycles. The third-order valence-corrected chi connectivity index (χ3v) is 8.34. The molecule has 3 nitrogen and oxygen atoms in total. The second kappa shape index (κ2) is 4.94. The van der Waals surface area contributed by atoms with Crippen molar-refractivity contribution in [2.75, 3.05) is 0 Å². The number of ketones is 1. The van der Waals surface area contributed by atoms with Crippen molar-refractivity contribution in [3.8, 4) is 0 Å². The normalized spacial score (nSPS) is 51.7. The summed E-state index contributed by atoms with van der Waals surface area (Å²) in [6.07, 6.45) is 11.2. The van der Waals surface area contributed by atoms with E-state index in [9.17, 15) is 14.7 Å². The molecule has 0 saturated heterocycles. The van der Waals surface area contributed by atoms with Gasteiger partial charge in [0.25, 0.3) is 0 Å². The van der Waals surface area contributed by atoms with Gasteiger partial charge in [-0.1, -0.05) is 19.9 Å². The van der Waals surface area contributed by atoms with Crippen LogP contribution >= 0.6 is 0 Å². The van der Waals surface area contributed by atoms with Crippen LogP contribution < -0.4 is 0 Å². The molecule has 0 bridgehead atoms. The monoisotopic (exact) mass is 316 g/mol. The lowest BCUT2D eigenvalue weighted by Crippen LogP contribution is -2.52. The van der Waals surface area contributed by atoms with E-state index in [1.54, 1.807) is 0 Å². The SMILES string of the molecule is C[C@]12C=CC(=O)CC1CC[C@@H]1[C@H]2CC[C@]2(C)C(C(=O)O)CC[C@@H]12. The minimum Gasteiger partial charge on any atom is -0.481 e. The summed E-state index contributed by atoms with van der Waals surface area (Å²) in [7, 11) is 0. The highest BCUT2D eigenvalue weighted by Gasteiger charge is 2.60.